The van der Waals surface area contributed by atoms with Crippen LogP contribution in [-0.4, -0.2) is 0 Å². The molecule has 70 valence electrons. The fourth-order valence-electron chi connectivity index (χ4n) is 1.16. The van der Waals surface area contributed by atoms with E-state index in [1.54, 1.807) is 0 Å². The predicted octanol–water partition coefficient (Wildman–Crippen LogP) is 3.35. The van der Waals surface area contributed by atoms with Gasteiger partial charge in [0.1, 0.15) is 5.58 Å². The highest BCUT2D eigenvalue weighted by atomic mass is 16.3. The van der Waals surface area contributed by atoms with E-state index in [0.29, 0.717) is 5.88 Å². The van der Waals surface area contributed by atoms with Gasteiger partial charge in [-0.05, 0) is 18.6 Å². The minimum Gasteiger partial charge on any atom is -0.441 e. The molecule has 2 aromatic rings. The Morgan fingerprint density at radius 3 is 2.54 bits per heavy atom. The van der Waals surface area contributed by atoms with Crippen molar-refractivity contribution in [1.29, 1.82) is 0 Å². The van der Waals surface area contributed by atoms with Gasteiger partial charge in [0.15, 0.2) is 5.88 Å². The van der Waals surface area contributed by atoms with E-state index in [0.717, 1.165) is 11.0 Å². The first kappa shape index (κ1) is 9.65. The summed E-state index contributed by atoms with van der Waals surface area (Å²) in [6.45, 7) is 6.03. The highest BCUT2D eigenvalue weighted by molar-refractivity contribution is 5.80. The van der Waals surface area contributed by atoms with E-state index in [2.05, 4.69) is 0 Å². The molecule has 0 bridgehead atoms. The Hall–Kier alpha value is -1.44. The molecule has 0 amide bonds. The number of hydrogen-bond acceptors (Lipinski definition) is 2. The van der Waals surface area contributed by atoms with Gasteiger partial charge in [-0.3, -0.25) is 0 Å². The molecule has 0 radical (unpaired) electrons. The normalized spacial score (nSPS) is 9.46. The lowest BCUT2D eigenvalue weighted by molar-refractivity contribution is 0.637. The Morgan fingerprint density at radius 1 is 1.15 bits per heavy atom. The molecule has 0 atom stereocenters. The average Bonchev–Trinajstić information content (AvgIpc) is 2.48. The van der Waals surface area contributed by atoms with E-state index in [9.17, 15) is 0 Å². The topological polar surface area (TPSA) is 39.2 Å². The van der Waals surface area contributed by atoms with Gasteiger partial charge in [0.25, 0.3) is 0 Å². The Labute approximate surface area is 78.3 Å². The van der Waals surface area contributed by atoms with Crippen molar-refractivity contribution in [2.75, 3.05) is 5.73 Å². The van der Waals surface area contributed by atoms with E-state index in [1.165, 1.54) is 5.56 Å². The van der Waals surface area contributed by atoms with Gasteiger partial charge < -0.3 is 10.2 Å². The summed E-state index contributed by atoms with van der Waals surface area (Å²) < 4.78 is 5.23. The van der Waals surface area contributed by atoms with E-state index < -0.39 is 0 Å². The summed E-state index contributed by atoms with van der Waals surface area (Å²) in [7, 11) is 0. The van der Waals surface area contributed by atoms with Crippen LogP contribution in [0, 0.1) is 6.92 Å². The van der Waals surface area contributed by atoms with Crippen molar-refractivity contribution >= 4 is 16.9 Å². The zero-order valence-corrected chi connectivity index (χ0v) is 8.29. The SMILES string of the molecule is CC.Cc1ccc2cc(N)oc2c1. The molecule has 0 saturated heterocycles. The van der Waals surface area contributed by atoms with Crippen molar-refractivity contribution < 1.29 is 4.42 Å². The van der Waals surface area contributed by atoms with Gasteiger partial charge in [-0.15, -0.1) is 0 Å². The van der Waals surface area contributed by atoms with Crippen LogP contribution in [0.15, 0.2) is 28.7 Å². The number of nitrogens with two attached hydrogens (primary N) is 1. The lowest BCUT2D eigenvalue weighted by atomic mass is 10.2. The molecule has 0 aliphatic heterocycles. The quantitative estimate of drug-likeness (QED) is 0.670. The number of nitrogen functional groups attached to an aromatic ring is 1. The van der Waals surface area contributed by atoms with Crippen molar-refractivity contribution in [3.05, 3.63) is 29.8 Å². The van der Waals surface area contributed by atoms with E-state index >= 15 is 0 Å². The maximum absolute atomic E-state index is 5.47. The fourth-order valence-corrected chi connectivity index (χ4v) is 1.16. The summed E-state index contributed by atoms with van der Waals surface area (Å²) in [5, 5.41) is 1.06. The number of furan rings is 1. The van der Waals surface area contributed by atoms with Crippen LogP contribution in [0.2, 0.25) is 0 Å². The second-order valence-electron chi connectivity index (χ2n) is 2.69. The van der Waals surface area contributed by atoms with Crippen LogP contribution < -0.4 is 5.73 Å². The van der Waals surface area contributed by atoms with Crippen LogP contribution in [0.3, 0.4) is 0 Å². The van der Waals surface area contributed by atoms with E-state index in [4.69, 9.17) is 10.2 Å². The lowest BCUT2D eigenvalue weighted by Crippen LogP contribution is -1.75. The molecule has 1 heterocycles. The van der Waals surface area contributed by atoms with Gasteiger partial charge in [-0.25, -0.2) is 0 Å². The standard InChI is InChI=1S/C9H9NO.C2H6/c1-6-2-3-7-5-9(10)11-8(7)4-6;1-2/h2-5H,10H2,1H3;1-2H3. The number of aryl methyl sites for hydroxylation is 1. The van der Waals surface area contributed by atoms with Crippen molar-refractivity contribution in [1.82, 2.24) is 0 Å². The Morgan fingerprint density at radius 2 is 1.85 bits per heavy atom. The van der Waals surface area contributed by atoms with Gasteiger partial charge in [-0.1, -0.05) is 26.0 Å². The molecule has 0 aliphatic carbocycles. The molecule has 2 heteroatoms. The largest absolute Gasteiger partial charge is 0.441 e. The minimum absolute atomic E-state index is 0.477. The molecule has 2 rings (SSSR count). The molecule has 2 N–H and O–H groups in total. The second-order valence-corrected chi connectivity index (χ2v) is 2.69. The van der Waals surface area contributed by atoms with E-state index in [-0.39, 0.29) is 0 Å². The van der Waals surface area contributed by atoms with Crippen molar-refractivity contribution in [2.45, 2.75) is 20.8 Å². The molecule has 0 unspecified atom stereocenters. The number of hydrogen-bond donors (Lipinski definition) is 1. The minimum atomic E-state index is 0.477. The summed E-state index contributed by atoms with van der Waals surface area (Å²) in [6.07, 6.45) is 0. The van der Waals surface area contributed by atoms with Crippen LogP contribution in [-0.2, 0) is 0 Å². The summed E-state index contributed by atoms with van der Waals surface area (Å²) in [5.74, 6) is 0.477. The maximum atomic E-state index is 5.47. The summed E-state index contributed by atoms with van der Waals surface area (Å²) in [6, 6.07) is 7.85. The summed E-state index contributed by atoms with van der Waals surface area (Å²) in [4.78, 5) is 0. The molecule has 0 fully saturated rings. The van der Waals surface area contributed by atoms with Gasteiger partial charge in [-0.2, -0.15) is 0 Å². The van der Waals surface area contributed by atoms with Crippen LogP contribution in [0.5, 0.6) is 0 Å². The molecule has 0 spiro atoms. The molecular formula is C11H15NO. The lowest BCUT2D eigenvalue weighted by Gasteiger charge is -1.89. The van der Waals surface area contributed by atoms with Crippen molar-refractivity contribution in [3.63, 3.8) is 0 Å². The first-order chi connectivity index (χ1) is 6.25. The Bertz CT molecular complexity index is 390. The fraction of sp³-hybridized carbons (Fsp3) is 0.273. The first-order valence-electron chi connectivity index (χ1n) is 4.51. The molecule has 0 saturated carbocycles. The van der Waals surface area contributed by atoms with Gasteiger partial charge in [0.05, 0.1) is 0 Å². The van der Waals surface area contributed by atoms with Crippen LogP contribution in [0.4, 0.5) is 5.88 Å². The van der Waals surface area contributed by atoms with Crippen molar-refractivity contribution in [2.24, 2.45) is 0 Å². The number of rotatable bonds is 0. The zero-order valence-electron chi connectivity index (χ0n) is 8.29. The Kier molecular flexibility index (Phi) is 2.96. The van der Waals surface area contributed by atoms with Crippen LogP contribution in [0.25, 0.3) is 11.0 Å². The molecule has 2 nitrogen and oxygen atoms in total. The second kappa shape index (κ2) is 3.99. The number of fused-ring (bicyclic) bond motifs is 1. The van der Waals surface area contributed by atoms with Crippen LogP contribution in [0.1, 0.15) is 19.4 Å². The van der Waals surface area contributed by atoms with Gasteiger partial charge >= 0.3 is 0 Å². The smallest absolute Gasteiger partial charge is 0.191 e. The number of anilines is 1. The van der Waals surface area contributed by atoms with Crippen molar-refractivity contribution in [3.8, 4) is 0 Å². The molecule has 13 heavy (non-hydrogen) atoms. The third-order valence-corrected chi connectivity index (χ3v) is 1.69. The highest BCUT2D eigenvalue weighted by Gasteiger charge is 1.98. The van der Waals surface area contributed by atoms with Gasteiger partial charge in [0.2, 0.25) is 0 Å². The van der Waals surface area contributed by atoms with Gasteiger partial charge in [0, 0.05) is 11.5 Å². The summed E-state index contributed by atoms with van der Waals surface area (Å²) in [5.41, 5.74) is 7.52. The highest BCUT2D eigenvalue weighted by Crippen LogP contribution is 2.21. The average molecular weight is 177 g/mol. The third-order valence-electron chi connectivity index (χ3n) is 1.69. The van der Waals surface area contributed by atoms with Crippen LogP contribution >= 0.6 is 0 Å². The molecule has 0 aliphatic rings. The summed E-state index contributed by atoms with van der Waals surface area (Å²) >= 11 is 0. The third kappa shape index (κ3) is 2.02. The van der Waals surface area contributed by atoms with E-state index in [1.807, 2.05) is 45.0 Å². The monoisotopic (exact) mass is 177 g/mol. The Balaban J connectivity index is 0.000000396. The predicted molar refractivity (Wildman–Crippen MR) is 56.7 cm³/mol. The molecular weight excluding hydrogens is 162 g/mol. The first-order valence-corrected chi connectivity index (χ1v) is 4.51. The maximum Gasteiger partial charge on any atom is 0.191 e. The molecule has 1 aromatic heterocycles. The molecule has 1 aromatic carbocycles. The number of benzene rings is 1. The zero-order chi connectivity index (χ0) is 9.84.